The lowest BCUT2D eigenvalue weighted by atomic mass is 9.88. The second-order valence-corrected chi connectivity index (χ2v) is 6.33. The van der Waals surface area contributed by atoms with Gasteiger partial charge in [-0.1, -0.05) is 6.42 Å². The van der Waals surface area contributed by atoms with E-state index in [9.17, 15) is 8.78 Å². The SMILES string of the molecule is Fc1cc(F)cc(-n2ncc3c2CCCC3NC2CCC2)c1. The molecule has 1 saturated carbocycles. The molecule has 0 radical (unpaired) electrons. The standard InChI is InChI=1S/C17H19F2N3/c18-11-7-12(19)9-14(8-11)22-17-6-2-5-16(15(17)10-20-22)21-13-3-1-4-13/h7-10,13,16,21H,1-6H2. The van der Waals surface area contributed by atoms with Crippen molar-refractivity contribution >= 4 is 0 Å². The van der Waals surface area contributed by atoms with Gasteiger partial charge in [-0.15, -0.1) is 0 Å². The molecular weight excluding hydrogens is 284 g/mol. The lowest BCUT2D eigenvalue weighted by Crippen LogP contribution is -2.39. The van der Waals surface area contributed by atoms with Crippen molar-refractivity contribution < 1.29 is 8.78 Å². The fourth-order valence-electron chi connectivity index (χ4n) is 3.47. The van der Waals surface area contributed by atoms with Gasteiger partial charge in [-0.2, -0.15) is 5.10 Å². The maximum Gasteiger partial charge on any atom is 0.128 e. The molecule has 0 spiro atoms. The molecule has 1 fully saturated rings. The molecule has 1 heterocycles. The van der Waals surface area contributed by atoms with Crippen molar-refractivity contribution in [3.05, 3.63) is 47.3 Å². The average Bonchev–Trinajstić information content (AvgIpc) is 2.86. The zero-order chi connectivity index (χ0) is 15.1. The second kappa shape index (κ2) is 5.47. The molecule has 2 aromatic rings. The highest BCUT2D eigenvalue weighted by Gasteiger charge is 2.28. The molecule has 0 saturated heterocycles. The quantitative estimate of drug-likeness (QED) is 0.937. The van der Waals surface area contributed by atoms with Crippen LogP contribution in [0.15, 0.2) is 24.4 Å². The smallest absolute Gasteiger partial charge is 0.128 e. The molecule has 2 aliphatic carbocycles. The molecule has 5 heteroatoms. The molecule has 22 heavy (non-hydrogen) atoms. The fraction of sp³-hybridized carbons (Fsp3) is 0.471. The summed E-state index contributed by atoms with van der Waals surface area (Å²) in [6, 6.07) is 4.49. The molecule has 0 aliphatic heterocycles. The zero-order valence-electron chi connectivity index (χ0n) is 12.4. The van der Waals surface area contributed by atoms with Crippen molar-refractivity contribution in [1.82, 2.24) is 15.1 Å². The van der Waals surface area contributed by atoms with Crippen molar-refractivity contribution in [3.8, 4) is 5.69 Å². The molecule has 1 atom stereocenters. The Morgan fingerprint density at radius 2 is 1.82 bits per heavy atom. The van der Waals surface area contributed by atoms with E-state index in [1.54, 1.807) is 4.68 Å². The van der Waals surface area contributed by atoms with Crippen LogP contribution >= 0.6 is 0 Å². The minimum absolute atomic E-state index is 0.321. The van der Waals surface area contributed by atoms with E-state index in [2.05, 4.69) is 10.4 Å². The average molecular weight is 303 g/mol. The van der Waals surface area contributed by atoms with Crippen LogP contribution in [0.5, 0.6) is 0 Å². The second-order valence-electron chi connectivity index (χ2n) is 6.33. The first-order chi connectivity index (χ1) is 10.7. The summed E-state index contributed by atoms with van der Waals surface area (Å²) < 4.78 is 28.6. The Morgan fingerprint density at radius 1 is 1.05 bits per heavy atom. The van der Waals surface area contributed by atoms with Gasteiger partial charge in [0.1, 0.15) is 11.6 Å². The highest BCUT2D eigenvalue weighted by molar-refractivity contribution is 5.38. The minimum atomic E-state index is -0.570. The first-order valence-corrected chi connectivity index (χ1v) is 8.00. The molecular formula is C17H19F2N3. The Balaban J connectivity index is 1.68. The van der Waals surface area contributed by atoms with Crippen molar-refractivity contribution in [1.29, 1.82) is 0 Å². The predicted octanol–water partition coefficient (Wildman–Crippen LogP) is 3.67. The van der Waals surface area contributed by atoms with E-state index in [0.29, 0.717) is 17.8 Å². The van der Waals surface area contributed by atoms with Crippen LogP contribution in [0.3, 0.4) is 0 Å². The van der Waals surface area contributed by atoms with Crippen LogP contribution in [-0.2, 0) is 6.42 Å². The van der Waals surface area contributed by atoms with Crippen LogP contribution in [0, 0.1) is 11.6 Å². The van der Waals surface area contributed by atoms with E-state index < -0.39 is 11.6 Å². The predicted molar refractivity (Wildman–Crippen MR) is 79.9 cm³/mol. The largest absolute Gasteiger partial charge is 0.307 e. The van der Waals surface area contributed by atoms with Gasteiger partial charge in [-0.25, -0.2) is 13.5 Å². The Kier molecular flexibility index (Phi) is 3.45. The van der Waals surface area contributed by atoms with Crippen LogP contribution in [0.1, 0.15) is 49.4 Å². The van der Waals surface area contributed by atoms with Crippen LogP contribution in [0.2, 0.25) is 0 Å². The third-order valence-electron chi connectivity index (χ3n) is 4.82. The number of hydrogen-bond donors (Lipinski definition) is 1. The first kappa shape index (κ1) is 13.9. The summed E-state index contributed by atoms with van der Waals surface area (Å²) in [7, 11) is 0. The molecule has 116 valence electrons. The number of nitrogens with zero attached hydrogens (tertiary/aromatic N) is 2. The van der Waals surface area contributed by atoms with Gasteiger partial charge in [-0.3, -0.25) is 0 Å². The Labute approximate surface area is 128 Å². The zero-order valence-corrected chi connectivity index (χ0v) is 12.4. The van der Waals surface area contributed by atoms with Gasteiger partial charge < -0.3 is 5.32 Å². The van der Waals surface area contributed by atoms with E-state index in [1.807, 2.05) is 6.20 Å². The molecule has 1 aromatic carbocycles. The highest BCUT2D eigenvalue weighted by atomic mass is 19.1. The molecule has 4 rings (SSSR count). The lowest BCUT2D eigenvalue weighted by molar-refractivity contribution is 0.290. The van der Waals surface area contributed by atoms with Crippen LogP contribution < -0.4 is 5.32 Å². The van der Waals surface area contributed by atoms with E-state index in [-0.39, 0.29) is 0 Å². The number of aromatic nitrogens is 2. The lowest BCUT2D eigenvalue weighted by Gasteiger charge is -2.33. The number of nitrogens with one attached hydrogen (secondary N) is 1. The number of hydrogen-bond acceptors (Lipinski definition) is 2. The topological polar surface area (TPSA) is 29.9 Å². The molecule has 0 amide bonds. The molecule has 1 aromatic heterocycles. The molecule has 1 N–H and O–H groups in total. The maximum absolute atomic E-state index is 13.5. The van der Waals surface area contributed by atoms with E-state index in [4.69, 9.17) is 0 Å². The highest BCUT2D eigenvalue weighted by Crippen LogP contribution is 2.33. The van der Waals surface area contributed by atoms with Gasteiger partial charge in [0, 0.05) is 29.4 Å². The van der Waals surface area contributed by atoms with Gasteiger partial charge in [0.05, 0.1) is 11.9 Å². The Hall–Kier alpha value is -1.75. The van der Waals surface area contributed by atoms with E-state index >= 15 is 0 Å². The normalized spacial score (nSPS) is 21.5. The van der Waals surface area contributed by atoms with Crippen molar-refractivity contribution in [2.45, 2.75) is 50.6 Å². The monoisotopic (exact) mass is 303 g/mol. The summed E-state index contributed by atoms with van der Waals surface area (Å²) in [6.07, 6.45) is 8.72. The van der Waals surface area contributed by atoms with Crippen molar-refractivity contribution in [3.63, 3.8) is 0 Å². The van der Waals surface area contributed by atoms with Gasteiger partial charge in [-0.05, 0) is 44.2 Å². The summed E-state index contributed by atoms with van der Waals surface area (Å²) in [5.74, 6) is -1.14. The molecule has 0 bridgehead atoms. The number of rotatable bonds is 3. The Bertz CT molecular complexity index is 671. The van der Waals surface area contributed by atoms with E-state index in [0.717, 1.165) is 31.0 Å². The minimum Gasteiger partial charge on any atom is -0.307 e. The first-order valence-electron chi connectivity index (χ1n) is 8.00. The van der Waals surface area contributed by atoms with Crippen LogP contribution in [0.4, 0.5) is 8.78 Å². The fourth-order valence-corrected chi connectivity index (χ4v) is 3.47. The molecule has 3 nitrogen and oxygen atoms in total. The van der Waals surface area contributed by atoms with Gasteiger partial charge >= 0.3 is 0 Å². The number of halogens is 2. The molecule has 1 unspecified atom stereocenters. The summed E-state index contributed by atoms with van der Waals surface area (Å²) >= 11 is 0. The summed E-state index contributed by atoms with van der Waals surface area (Å²) in [5, 5.41) is 8.09. The summed E-state index contributed by atoms with van der Waals surface area (Å²) in [6.45, 7) is 0. The van der Waals surface area contributed by atoms with E-state index in [1.165, 1.54) is 37.0 Å². The Morgan fingerprint density at radius 3 is 2.50 bits per heavy atom. The van der Waals surface area contributed by atoms with Gasteiger partial charge in [0.2, 0.25) is 0 Å². The maximum atomic E-state index is 13.5. The molecule has 2 aliphatic rings. The number of benzene rings is 1. The van der Waals surface area contributed by atoms with Crippen LogP contribution in [0.25, 0.3) is 5.69 Å². The third-order valence-corrected chi connectivity index (χ3v) is 4.82. The third kappa shape index (κ3) is 2.43. The van der Waals surface area contributed by atoms with Crippen molar-refractivity contribution in [2.24, 2.45) is 0 Å². The summed E-state index contributed by atoms with van der Waals surface area (Å²) in [5.41, 5.74) is 2.72. The summed E-state index contributed by atoms with van der Waals surface area (Å²) in [4.78, 5) is 0. The number of fused-ring (bicyclic) bond motifs is 1. The van der Waals surface area contributed by atoms with Crippen molar-refractivity contribution in [2.75, 3.05) is 0 Å². The van der Waals surface area contributed by atoms with Gasteiger partial charge in [0.25, 0.3) is 0 Å². The van der Waals surface area contributed by atoms with Crippen LogP contribution in [-0.4, -0.2) is 15.8 Å². The van der Waals surface area contributed by atoms with Gasteiger partial charge in [0.15, 0.2) is 0 Å².